The first-order valence-electron chi connectivity index (χ1n) is 13.4. The Kier molecular flexibility index (Phi) is 8.04. The average Bonchev–Trinajstić information content (AvgIpc) is 3.35. The molecule has 1 aliphatic rings. The molecule has 41 heavy (non-hydrogen) atoms. The van der Waals surface area contributed by atoms with Crippen molar-refractivity contribution in [2.24, 2.45) is 0 Å². The van der Waals surface area contributed by atoms with Gasteiger partial charge in [-0.15, -0.1) is 4.68 Å². The van der Waals surface area contributed by atoms with Crippen LogP contribution in [0.3, 0.4) is 0 Å². The number of aryl methyl sites for hydroxylation is 1. The number of ether oxygens (including phenoxy) is 1. The van der Waals surface area contributed by atoms with Crippen LogP contribution in [0.15, 0.2) is 65.5 Å². The lowest BCUT2D eigenvalue weighted by Crippen LogP contribution is -2.48. The van der Waals surface area contributed by atoms with Gasteiger partial charge in [-0.1, -0.05) is 61.7 Å². The first-order valence-corrected chi connectivity index (χ1v) is 13.4. The molecule has 0 radical (unpaired) electrons. The molecule has 4 aromatic rings. The third-order valence-electron chi connectivity index (χ3n) is 7.38. The highest BCUT2D eigenvalue weighted by molar-refractivity contribution is 5.99. The molecule has 0 bridgehead atoms. The smallest absolute Gasteiger partial charge is 0.377 e. The van der Waals surface area contributed by atoms with Gasteiger partial charge in [0, 0.05) is 11.7 Å². The molecule has 0 spiro atoms. The Morgan fingerprint density at radius 2 is 1.61 bits per heavy atom. The number of amides is 1. The molecule has 0 unspecified atom stereocenters. The molecule has 1 heterocycles. The van der Waals surface area contributed by atoms with Gasteiger partial charge in [-0.2, -0.15) is 4.68 Å². The van der Waals surface area contributed by atoms with Crippen molar-refractivity contribution < 1.29 is 23.1 Å². The van der Waals surface area contributed by atoms with E-state index in [-0.39, 0.29) is 12.6 Å². The van der Waals surface area contributed by atoms with Crippen LogP contribution in [0, 0.1) is 25.5 Å². The van der Waals surface area contributed by atoms with Crippen LogP contribution < -0.4 is 10.6 Å². The second-order valence-corrected chi connectivity index (χ2v) is 10.1. The van der Waals surface area contributed by atoms with Gasteiger partial charge in [-0.05, 0) is 72.0 Å². The number of esters is 1. The summed E-state index contributed by atoms with van der Waals surface area (Å²) in [6.45, 7) is 3.58. The van der Waals surface area contributed by atoms with Gasteiger partial charge < -0.3 is 4.74 Å². The summed E-state index contributed by atoms with van der Waals surface area (Å²) in [6.07, 6.45) is 4.07. The SMILES string of the molecule is Cc1ccc(N(C(=O)n2nnn(-c3c(F)cccc3F)c2=O)C2CCCCC2)c(C)c1C(=O)OCc1ccccc1. The van der Waals surface area contributed by atoms with Crippen LogP contribution in [0.25, 0.3) is 5.69 Å². The number of hydrogen-bond donors (Lipinski definition) is 0. The van der Waals surface area contributed by atoms with Crippen molar-refractivity contribution in [3.8, 4) is 5.69 Å². The maximum atomic E-state index is 14.4. The first kappa shape index (κ1) is 27.9. The number of hydrogen-bond acceptors (Lipinski definition) is 6. The van der Waals surface area contributed by atoms with Crippen LogP contribution in [-0.2, 0) is 11.3 Å². The Labute approximate surface area is 234 Å². The van der Waals surface area contributed by atoms with Gasteiger partial charge in [-0.3, -0.25) is 4.90 Å². The molecule has 1 amide bonds. The van der Waals surface area contributed by atoms with Crippen molar-refractivity contribution in [1.29, 1.82) is 0 Å². The molecular formula is C30H29F2N5O4. The fraction of sp³-hybridized carbons (Fsp3) is 0.300. The van der Waals surface area contributed by atoms with E-state index >= 15 is 0 Å². The predicted octanol–water partition coefficient (Wildman–Crippen LogP) is 5.49. The van der Waals surface area contributed by atoms with E-state index < -0.39 is 35.0 Å². The normalized spacial score (nSPS) is 13.7. The summed E-state index contributed by atoms with van der Waals surface area (Å²) in [5.41, 5.74) is 0.887. The summed E-state index contributed by atoms with van der Waals surface area (Å²) >= 11 is 0. The third-order valence-corrected chi connectivity index (χ3v) is 7.38. The highest BCUT2D eigenvalue weighted by Crippen LogP contribution is 2.33. The number of carbonyl (C=O) groups is 2. The lowest BCUT2D eigenvalue weighted by atomic mass is 9.92. The molecule has 1 aromatic heterocycles. The number of benzene rings is 3. The summed E-state index contributed by atoms with van der Waals surface area (Å²) in [5.74, 6) is -2.59. The van der Waals surface area contributed by atoms with Crippen molar-refractivity contribution in [3.05, 3.63) is 105 Å². The molecule has 0 atom stereocenters. The van der Waals surface area contributed by atoms with E-state index in [0.717, 1.165) is 43.0 Å². The number of anilines is 1. The topological polar surface area (TPSA) is 99.3 Å². The van der Waals surface area contributed by atoms with E-state index in [9.17, 15) is 23.2 Å². The zero-order chi connectivity index (χ0) is 29.1. The number of nitrogens with zero attached hydrogens (tertiary/aromatic N) is 5. The minimum absolute atomic E-state index is 0.0825. The molecular weight excluding hydrogens is 532 g/mol. The molecule has 212 valence electrons. The maximum Gasteiger partial charge on any atom is 0.377 e. The minimum atomic E-state index is -1.12. The number of aromatic nitrogens is 4. The number of para-hydroxylation sites is 1. The van der Waals surface area contributed by atoms with Gasteiger partial charge in [-0.25, -0.2) is 23.2 Å². The van der Waals surface area contributed by atoms with Crippen LogP contribution in [0.4, 0.5) is 19.3 Å². The Hall–Kier alpha value is -4.67. The highest BCUT2D eigenvalue weighted by Gasteiger charge is 2.33. The second-order valence-electron chi connectivity index (χ2n) is 10.1. The van der Waals surface area contributed by atoms with Crippen molar-refractivity contribution in [1.82, 2.24) is 19.8 Å². The monoisotopic (exact) mass is 561 g/mol. The Balaban J connectivity index is 1.54. The van der Waals surface area contributed by atoms with E-state index in [2.05, 4.69) is 10.4 Å². The van der Waals surface area contributed by atoms with Gasteiger partial charge in [0.15, 0.2) is 11.6 Å². The molecule has 1 fully saturated rings. The predicted molar refractivity (Wildman–Crippen MR) is 147 cm³/mol. The zero-order valence-electron chi connectivity index (χ0n) is 22.7. The van der Waals surface area contributed by atoms with Crippen LogP contribution in [0.5, 0.6) is 0 Å². The third kappa shape index (κ3) is 5.52. The fourth-order valence-electron chi connectivity index (χ4n) is 5.30. The Morgan fingerprint density at radius 1 is 0.927 bits per heavy atom. The number of tetrazole rings is 1. The van der Waals surface area contributed by atoms with E-state index in [1.807, 2.05) is 30.3 Å². The van der Waals surface area contributed by atoms with Crippen molar-refractivity contribution in [2.75, 3.05) is 4.90 Å². The number of halogens is 2. The lowest BCUT2D eigenvalue weighted by Gasteiger charge is -2.35. The average molecular weight is 562 g/mol. The largest absolute Gasteiger partial charge is 0.457 e. The van der Waals surface area contributed by atoms with Crippen molar-refractivity contribution in [2.45, 2.75) is 58.6 Å². The van der Waals surface area contributed by atoms with Gasteiger partial charge in [0.1, 0.15) is 12.3 Å². The maximum absolute atomic E-state index is 14.4. The molecule has 0 aliphatic heterocycles. The zero-order valence-corrected chi connectivity index (χ0v) is 22.7. The molecule has 5 rings (SSSR count). The van der Waals surface area contributed by atoms with Crippen LogP contribution >= 0.6 is 0 Å². The summed E-state index contributed by atoms with van der Waals surface area (Å²) in [5, 5.41) is 7.29. The first-order chi connectivity index (χ1) is 19.8. The quantitative estimate of drug-likeness (QED) is 0.228. The molecule has 0 N–H and O–H groups in total. The summed E-state index contributed by atoms with van der Waals surface area (Å²) in [4.78, 5) is 41.9. The molecule has 11 heteroatoms. The fourth-order valence-corrected chi connectivity index (χ4v) is 5.30. The molecule has 1 aliphatic carbocycles. The highest BCUT2D eigenvalue weighted by atomic mass is 19.1. The van der Waals surface area contributed by atoms with Gasteiger partial charge in [0.05, 0.1) is 5.56 Å². The number of rotatable bonds is 6. The summed E-state index contributed by atoms with van der Waals surface area (Å²) in [6, 6.07) is 14.7. The summed E-state index contributed by atoms with van der Waals surface area (Å²) in [7, 11) is 0. The lowest BCUT2D eigenvalue weighted by molar-refractivity contribution is 0.0471. The summed E-state index contributed by atoms with van der Waals surface area (Å²) < 4.78 is 35.3. The van der Waals surface area contributed by atoms with Crippen LogP contribution in [-0.4, -0.2) is 37.8 Å². The Bertz CT molecular complexity index is 1620. The molecule has 0 saturated heterocycles. The standard InChI is InChI=1S/C30H29F2N5O4/c1-19-16-17-25(20(2)26(19)28(38)41-18-21-10-5-3-6-11-21)35(22-12-7-4-8-13-22)29(39)37-30(40)36(33-34-37)27-23(31)14-9-15-24(27)32/h3,5-6,9-11,14-17,22H,4,7-8,12-13,18H2,1-2H3. The van der Waals surface area contributed by atoms with E-state index in [0.29, 0.717) is 44.6 Å². The molecule has 9 nitrogen and oxygen atoms in total. The molecule has 3 aromatic carbocycles. The van der Waals surface area contributed by atoms with E-state index in [1.165, 1.54) is 4.90 Å². The Morgan fingerprint density at radius 3 is 2.29 bits per heavy atom. The van der Waals surface area contributed by atoms with Crippen molar-refractivity contribution in [3.63, 3.8) is 0 Å². The van der Waals surface area contributed by atoms with Gasteiger partial charge in [0.2, 0.25) is 0 Å². The van der Waals surface area contributed by atoms with Gasteiger partial charge >= 0.3 is 17.7 Å². The van der Waals surface area contributed by atoms with E-state index in [4.69, 9.17) is 4.74 Å². The van der Waals surface area contributed by atoms with Crippen molar-refractivity contribution >= 4 is 17.7 Å². The van der Waals surface area contributed by atoms with Crippen LogP contribution in [0.1, 0.15) is 59.2 Å². The second kappa shape index (κ2) is 11.8. The van der Waals surface area contributed by atoms with Gasteiger partial charge in [0.25, 0.3) is 0 Å². The minimum Gasteiger partial charge on any atom is -0.457 e. The molecule has 1 saturated carbocycles. The van der Waals surface area contributed by atoms with Crippen LogP contribution in [0.2, 0.25) is 0 Å². The van der Waals surface area contributed by atoms with E-state index in [1.54, 1.807) is 26.0 Å². The number of carbonyl (C=O) groups excluding carboxylic acids is 2.